The molecule has 3 rings (SSSR count). The maximum atomic E-state index is 10.6. The van der Waals surface area contributed by atoms with Crippen molar-refractivity contribution in [1.82, 2.24) is 15.7 Å². The minimum absolute atomic E-state index is 0.112. The Kier molecular flexibility index (Phi) is 10.7. The normalized spacial score (nSPS) is 22.8. The summed E-state index contributed by atoms with van der Waals surface area (Å²) in [6.07, 6.45) is 0.398. The Hall–Kier alpha value is -2.00. The third-order valence-corrected chi connectivity index (χ3v) is 6.88. The summed E-state index contributed by atoms with van der Waals surface area (Å²) in [5, 5.41) is 24.3. The summed E-state index contributed by atoms with van der Waals surface area (Å²) in [6, 6.07) is 20.2. The number of hydroxylamine groups is 1. The zero-order valence-corrected chi connectivity index (χ0v) is 22.5. The van der Waals surface area contributed by atoms with Crippen LogP contribution in [-0.4, -0.2) is 64.3 Å². The molecule has 4 N–H and O–H groups in total. The molecule has 1 saturated heterocycles. The molecule has 0 spiro atoms. The Morgan fingerprint density at radius 3 is 2.28 bits per heavy atom. The van der Waals surface area contributed by atoms with E-state index in [4.69, 9.17) is 21.3 Å². The molecule has 0 aromatic heterocycles. The molecule has 198 valence electrons. The first-order valence-electron chi connectivity index (χ1n) is 12.8. The summed E-state index contributed by atoms with van der Waals surface area (Å²) in [5.74, 6) is -0.704. The van der Waals surface area contributed by atoms with Crippen molar-refractivity contribution in [3.63, 3.8) is 0 Å². The number of nitrogens with one attached hydrogen (secondary N) is 2. The van der Waals surface area contributed by atoms with E-state index in [0.29, 0.717) is 43.7 Å². The van der Waals surface area contributed by atoms with E-state index in [9.17, 15) is 10.3 Å². The molecule has 2 aromatic rings. The predicted octanol–water partition coefficient (Wildman–Crippen LogP) is 4.45. The van der Waals surface area contributed by atoms with E-state index in [0.717, 1.165) is 11.1 Å². The van der Waals surface area contributed by atoms with Crippen LogP contribution >= 0.6 is 11.6 Å². The number of hydrogen-bond donors (Lipinski definition) is 4. The summed E-state index contributed by atoms with van der Waals surface area (Å²) in [5.41, 5.74) is 4.26. The maximum absolute atomic E-state index is 10.6. The average molecular weight is 517 g/mol. The van der Waals surface area contributed by atoms with Gasteiger partial charge in [-0.1, -0.05) is 74.5 Å². The van der Waals surface area contributed by atoms with E-state index in [1.165, 1.54) is 0 Å². The molecule has 36 heavy (non-hydrogen) atoms. The van der Waals surface area contributed by atoms with Crippen molar-refractivity contribution < 1.29 is 15.1 Å². The lowest BCUT2D eigenvalue weighted by Crippen LogP contribution is -2.47. The second-order valence-electron chi connectivity index (χ2n) is 9.98. The van der Waals surface area contributed by atoms with Crippen LogP contribution in [0.1, 0.15) is 57.6 Å². The molecular weight excluding hydrogens is 476 g/mol. The van der Waals surface area contributed by atoms with Crippen molar-refractivity contribution in [2.45, 2.75) is 76.6 Å². The monoisotopic (exact) mass is 516 g/mol. The molecule has 7 nitrogen and oxygen atoms in total. The first kappa shape index (κ1) is 28.6. The van der Waals surface area contributed by atoms with Gasteiger partial charge in [0, 0.05) is 36.7 Å². The highest BCUT2D eigenvalue weighted by Gasteiger charge is 2.50. The molecule has 4 unspecified atom stereocenters. The van der Waals surface area contributed by atoms with E-state index in [2.05, 4.69) is 43.4 Å². The summed E-state index contributed by atoms with van der Waals surface area (Å²) in [6.45, 7) is 9.44. The SMILES string of the molecule is CC(C)NCC(O)CCC(C(=NC1(c2ccccc2)OC(CCl)CN1C(C)C)NO)c1ccccc1. The Labute approximate surface area is 220 Å². The summed E-state index contributed by atoms with van der Waals surface area (Å²) in [4.78, 5) is 7.31. The van der Waals surface area contributed by atoms with Gasteiger partial charge in [0.25, 0.3) is 0 Å². The van der Waals surface area contributed by atoms with Crippen molar-refractivity contribution >= 4 is 17.4 Å². The van der Waals surface area contributed by atoms with Gasteiger partial charge in [-0.05, 0) is 32.3 Å². The number of nitrogens with zero attached hydrogens (tertiary/aromatic N) is 2. The van der Waals surface area contributed by atoms with Gasteiger partial charge in [-0.25, -0.2) is 9.89 Å². The molecule has 1 heterocycles. The van der Waals surface area contributed by atoms with Crippen molar-refractivity contribution in [3.8, 4) is 0 Å². The minimum atomic E-state index is -1.15. The zero-order valence-electron chi connectivity index (χ0n) is 21.8. The van der Waals surface area contributed by atoms with Crippen molar-refractivity contribution in [2.75, 3.05) is 19.0 Å². The van der Waals surface area contributed by atoms with Gasteiger partial charge in [0.1, 0.15) is 5.84 Å². The van der Waals surface area contributed by atoms with Crippen LogP contribution in [-0.2, 0) is 10.6 Å². The van der Waals surface area contributed by atoms with Crippen molar-refractivity contribution in [2.24, 2.45) is 4.99 Å². The van der Waals surface area contributed by atoms with Gasteiger partial charge >= 0.3 is 0 Å². The second kappa shape index (κ2) is 13.5. The lowest BCUT2D eigenvalue weighted by atomic mass is 9.91. The minimum Gasteiger partial charge on any atom is -0.392 e. The van der Waals surface area contributed by atoms with E-state index in [1.54, 1.807) is 0 Å². The number of aliphatic hydroxyl groups excluding tert-OH is 1. The number of hydrogen-bond acceptors (Lipinski definition) is 6. The molecule has 1 aliphatic heterocycles. The van der Waals surface area contributed by atoms with Gasteiger partial charge in [0.15, 0.2) is 0 Å². The van der Waals surface area contributed by atoms with E-state index in [1.807, 2.05) is 60.7 Å². The number of ether oxygens (including phenoxy) is 1. The summed E-state index contributed by atoms with van der Waals surface area (Å²) in [7, 11) is 0. The van der Waals surface area contributed by atoms with E-state index < -0.39 is 12.0 Å². The van der Waals surface area contributed by atoms with E-state index in [-0.39, 0.29) is 18.1 Å². The van der Waals surface area contributed by atoms with Crippen LogP contribution in [0.4, 0.5) is 0 Å². The predicted molar refractivity (Wildman–Crippen MR) is 145 cm³/mol. The molecular formula is C28H41ClN4O3. The Morgan fingerprint density at radius 2 is 1.72 bits per heavy atom. The first-order chi connectivity index (χ1) is 17.3. The Balaban J connectivity index is 2.04. The lowest BCUT2D eigenvalue weighted by molar-refractivity contribution is -0.111. The molecule has 0 bridgehead atoms. The molecule has 0 saturated carbocycles. The maximum Gasteiger partial charge on any atom is 0.248 e. The Bertz CT molecular complexity index is 944. The summed E-state index contributed by atoms with van der Waals surface area (Å²) < 4.78 is 6.56. The lowest BCUT2D eigenvalue weighted by Gasteiger charge is -2.37. The van der Waals surface area contributed by atoms with Crippen LogP contribution in [0.25, 0.3) is 0 Å². The van der Waals surface area contributed by atoms with Gasteiger partial charge in [-0.2, -0.15) is 0 Å². The highest BCUT2D eigenvalue weighted by molar-refractivity contribution is 6.18. The van der Waals surface area contributed by atoms with Gasteiger partial charge in [0.05, 0.1) is 18.1 Å². The fourth-order valence-electron chi connectivity index (χ4n) is 4.69. The van der Waals surface area contributed by atoms with E-state index >= 15 is 0 Å². The molecule has 4 atom stereocenters. The van der Waals surface area contributed by atoms with Crippen molar-refractivity contribution in [3.05, 3.63) is 71.8 Å². The molecule has 1 fully saturated rings. The van der Waals surface area contributed by atoms with Crippen LogP contribution < -0.4 is 10.8 Å². The topological polar surface area (TPSA) is 89.3 Å². The number of aliphatic imine (C=N–C) groups is 1. The first-order valence-corrected chi connectivity index (χ1v) is 13.4. The van der Waals surface area contributed by atoms with Crippen LogP contribution in [0.3, 0.4) is 0 Å². The third-order valence-electron chi connectivity index (χ3n) is 6.53. The quantitative estimate of drug-likeness (QED) is 0.144. The number of aliphatic hydroxyl groups is 1. The van der Waals surface area contributed by atoms with Crippen LogP contribution in [0.5, 0.6) is 0 Å². The van der Waals surface area contributed by atoms with Crippen molar-refractivity contribution in [1.29, 1.82) is 0 Å². The fraction of sp³-hybridized carbons (Fsp3) is 0.536. The molecule has 2 aromatic carbocycles. The third kappa shape index (κ3) is 7.06. The standard InChI is InChI=1S/C28H41ClN4O3/c1-20(2)30-18-24(34)15-16-26(22-11-7-5-8-12-22)27(32-35)31-28(23-13-9-6-10-14-23)33(21(3)4)19-25(17-29)36-28/h5-14,20-21,24-26,30,34-35H,15-19H2,1-4H3,(H,31,32). The zero-order chi connectivity index (χ0) is 26.1. The van der Waals surface area contributed by atoms with Gasteiger partial charge in [0.2, 0.25) is 5.85 Å². The highest BCUT2D eigenvalue weighted by Crippen LogP contribution is 2.41. The summed E-state index contributed by atoms with van der Waals surface area (Å²) >= 11 is 6.26. The smallest absolute Gasteiger partial charge is 0.248 e. The number of amidine groups is 1. The molecule has 1 aliphatic rings. The number of halogens is 1. The van der Waals surface area contributed by atoms with Gasteiger partial charge in [-0.15, -0.1) is 11.6 Å². The van der Waals surface area contributed by atoms with Crippen LogP contribution in [0, 0.1) is 0 Å². The molecule has 8 heteroatoms. The average Bonchev–Trinajstić information content (AvgIpc) is 3.28. The van der Waals surface area contributed by atoms with Crippen LogP contribution in [0.2, 0.25) is 0 Å². The molecule has 0 radical (unpaired) electrons. The second-order valence-corrected chi connectivity index (χ2v) is 10.3. The highest BCUT2D eigenvalue weighted by atomic mass is 35.5. The Morgan fingerprint density at radius 1 is 1.08 bits per heavy atom. The van der Waals surface area contributed by atoms with Gasteiger partial charge in [-0.3, -0.25) is 10.7 Å². The molecule has 0 aliphatic carbocycles. The number of rotatable bonds is 12. The largest absolute Gasteiger partial charge is 0.392 e. The molecule has 0 amide bonds. The number of alkyl halides is 1. The number of benzene rings is 2. The van der Waals surface area contributed by atoms with Crippen LogP contribution in [0.15, 0.2) is 65.7 Å². The van der Waals surface area contributed by atoms with Gasteiger partial charge < -0.3 is 15.2 Å². The fourth-order valence-corrected chi connectivity index (χ4v) is 4.85.